The SMILES string of the molecule is Cc1ccc(-c2nc(CC(=O)Nc3ncccc3OCC3CCCCC3)cs2)o1. The van der Waals surface area contributed by atoms with Crippen LogP contribution < -0.4 is 10.1 Å². The van der Waals surface area contributed by atoms with Crippen LogP contribution in [0.2, 0.25) is 0 Å². The predicted molar refractivity (Wildman–Crippen MR) is 113 cm³/mol. The zero-order chi connectivity index (χ0) is 20.1. The fourth-order valence-corrected chi connectivity index (χ4v) is 4.33. The maximum absolute atomic E-state index is 12.5. The zero-order valence-electron chi connectivity index (χ0n) is 16.5. The topological polar surface area (TPSA) is 77.2 Å². The molecular formula is C22H25N3O3S. The van der Waals surface area contributed by atoms with Gasteiger partial charge in [-0.25, -0.2) is 9.97 Å². The number of thiazole rings is 1. The molecule has 0 aliphatic heterocycles. The van der Waals surface area contributed by atoms with Gasteiger partial charge < -0.3 is 14.5 Å². The van der Waals surface area contributed by atoms with Crippen molar-refractivity contribution in [2.75, 3.05) is 11.9 Å². The molecule has 1 fully saturated rings. The first kappa shape index (κ1) is 19.6. The summed E-state index contributed by atoms with van der Waals surface area (Å²) >= 11 is 1.47. The van der Waals surface area contributed by atoms with Crippen molar-refractivity contribution < 1.29 is 13.9 Å². The lowest BCUT2D eigenvalue weighted by molar-refractivity contribution is -0.115. The summed E-state index contributed by atoms with van der Waals surface area (Å²) in [6.45, 7) is 2.57. The van der Waals surface area contributed by atoms with E-state index in [0.29, 0.717) is 29.8 Å². The number of nitrogens with zero attached hydrogens (tertiary/aromatic N) is 2. The Morgan fingerprint density at radius 2 is 2.14 bits per heavy atom. The van der Waals surface area contributed by atoms with E-state index in [1.807, 2.05) is 36.6 Å². The molecule has 0 saturated heterocycles. The second-order valence-electron chi connectivity index (χ2n) is 7.44. The lowest BCUT2D eigenvalue weighted by atomic mass is 9.90. The summed E-state index contributed by atoms with van der Waals surface area (Å²) in [5.41, 5.74) is 0.706. The summed E-state index contributed by atoms with van der Waals surface area (Å²) in [7, 11) is 0. The molecule has 0 unspecified atom stereocenters. The van der Waals surface area contributed by atoms with Gasteiger partial charge in [-0.1, -0.05) is 19.3 Å². The number of rotatable bonds is 7. The van der Waals surface area contributed by atoms with E-state index in [0.717, 1.165) is 16.5 Å². The Morgan fingerprint density at radius 3 is 2.93 bits per heavy atom. The van der Waals surface area contributed by atoms with E-state index in [9.17, 15) is 4.79 Å². The van der Waals surface area contributed by atoms with Gasteiger partial charge in [0.1, 0.15) is 5.76 Å². The van der Waals surface area contributed by atoms with Gasteiger partial charge in [0.25, 0.3) is 0 Å². The smallest absolute Gasteiger partial charge is 0.231 e. The second-order valence-corrected chi connectivity index (χ2v) is 8.30. The van der Waals surface area contributed by atoms with Gasteiger partial charge >= 0.3 is 0 Å². The van der Waals surface area contributed by atoms with Crippen LogP contribution in [0, 0.1) is 12.8 Å². The van der Waals surface area contributed by atoms with Crippen molar-refractivity contribution in [2.45, 2.75) is 45.4 Å². The van der Waals surface area contributed by atoms with Crippen molar-refractivity contribution in [3.63, 3.8) is 0 Å². The van der Waals surface area contributed by atoms with Gasteiger partial charge in [-0.3, -0.25) is 4.79 Å². The number of aromatic nitrogens is 2. The summed E-state index contributed by atoms with van der Waals surface area (Å²) in [4.78, 5) is 21.3. The minimum absolute atomic E-state index is 0.168. The minimum Gasteiger partial charge on any atom is -0.489 e. The summed E-state index contributed by atoms with van der Waals surface area (Å²) < 4.78 is 11.6. The van der Waals surface area contributed by atoms with Crippen LogP contribution in [0.1, 0.15) is 43.6 Å². The molecule has 29 heavy (non-hydrogen) atoms. The Morgan fingerprint density at radius 1 is 1.28 bits per heavy atom. The first-order valence-corrected chi connectivity index (χ1v) is 10.9. The Hall–Kier alpha value is -2.67. The maximum Gasteiger partial charge on any atom is 0.231 e. The quantitative estimate of drug-likeness (QED) is 0.575. The summed E-state index contributed by atoms with van der Waals surface area (Å²) in [5.74, 6) is 3.07. The molecule has 1 aliphatic carbocycles. The number of nitrogens with one attached hydrogen (secondary N) is 1. The molecule has 152 valence electrons. The van der Waals surface area contributed by atoms with Crippen LogP contribution >= 0.6 is 11.3 Å². The molecule has 4 rings (SSSR count). The fraction of sp³-hybridized carbons (Fsp3) is 0.409. The predicted octanol–water partition coefficient (Wildman–Crippen LogP) is 5.25. The number of hydrogen-bond acceptors (Lipinski definition) is 6. The number of pyridine rings is 1. The van der Waals surface area contributed by atoms with Gasteiger partial charge in [0.15, 0.2) is 22.3 Å². The molecule has 1 N–H and O–H groups in total. The van der Waals surface area contributed by atoms with E-state index in [2.05, 4.69) is 15.3 Å². The average molecular weight is 412 g/mol. The highest BCUT2D eigenvalue weighted by atomic mass is 32.1. The third-order valence-corrected chi connectivity index (χ3v) is 5.98. The van der Waals surface area contributed by atoms with Gasteiger partial charge in [0.05, 0.1) is 18.7 Å². The van der Waals surface area contributed by atoms with Crippen molar-refractivity contribution in [3.05, 3.63) is 47.3 Å². The Bertz CT molecular complexity index is 960. The van der Waals surface area contributed by atoms with E-state index in [-0.39, 0.29) is 12.3 Å². The van der Waals surface area contributed by atoms with Crippen LogP contribution in [0.4, 0.5) is 5.82 Å². The summed E-state index contributed by atoms with van der Waals surface area (Å²) in [5, 5.41) is 5.52. The average Bonchev–Trinajstić information content (AvgIpc) is 3.37. The fourth-order valence-electron chi connectivity index (χ4n) is 3.55. The van der Waals surface area contributed by atoms with Gasteiger partial charge in [-0.05, 0) is 49.9 Å². The molecular weight excluding hydrogens is 386 g/mol. The van der Waals surface area contributed by atoms with E-state index in [1.165, 1.54) is 43.4 Å². The number of amides is 1. The summed E-state index contributed by atoms with van der Waals surface area (Å²) in [6.07, 6.45) is 8.13. The summed E-state index contributed by atoms with van der Waals surface area (Å²) in [6, 6.07) is 7.47. The molecule has 0 aromatic carbocycles. The van der Waals surface area contributed by atoms with E-state index >= 15 is 0 Å². The van der Waals surface area contributed by atoms with Gasteiger partial charge in [-0.15, -0.1) is 11.3 Å². The number of anilines is 1. The number of furan rings is 1. The van der Waals surface area contributed by atoms with E-state index in [4.69, 9.17) is 9.15 Å². The Balaban J connectivity index is 1.35. The van der Waals surface area contributed by atoms with Crippen LogP contribution in [0.25, 0.3) is 10.8 Å². The second kappa shape index (κ2) is 9.22. The zero-order valence-corrected chi connectivity index (χ0v) is 17.3. The minimum atomic E-state index is -0.168. The molecule has 7 heteroatoms. The molecule has 1 saturated carbocycles. The number of ether oxygens (including phenoxy) is 1. The van der Waals surface area contributed by atoms with Crippen molar-refractivity contribution in [1.29, 1.82) is 0 Å². The molecule has 0 spiro atoms. The first-order chi connectivity index (χ1) is 14.2. The molecule has 3 heterocycles. The lowest BCUT2D eigenvalue weighted by Crippen LogP contribution is -2.18. The third kappa shape index (κ3) is 5.23. The Kier molecular flexibility index (Phi) is 6.24. The van der Waals surface area contributed by atoms with Crippen LogP contribution in [0.5, 0.6) is 5.75 Å². The molecule has 1 amide bonds. The maximum atomic E-state index is 12.5. The molecule has 0 radical (unpaired) electrons. The van der Waals surface area contributed by atoms with Crippen LogP contribution in [0.3, 0.4) is 0 Å². The molecule has 1 aliphatic rings. The van der Waals surface area contributed by atoms with Gasteiger partial charge in [0, 0.05) is 11.6 Å². The molecule has 0 bridgehead atoms. The first-order valence-electron chi connectivity index (χ1n) is 10.1. The van der Waals surface area contributed by atoms with Crippen molar-refractivity contribution in [2.24, 2.45) is 5.92 Å². The van der Waals surface area contributed by atoms with Crippen LogP contribution in [-0.2, 0) is 11.2 Å². The Labute approximate surface area is 174 Å². The molecule has 6 nitrogen and oxygen atoms in total. The van der Waals surface area contributed by atoms with Gasteiger partial charge in [0.2, 0.25) is 5.91 Å². The van der Waals surface area contributed by atoms with E-state index < -0.39 is 0 Å². The van der Waals surface area contributed by atoms with E-state index in [1.54, 1.807) is 6.20 Å². The molecule has 0 atom stereocenters. The lowest BCUT2D eigenvalue weighted by Gasteiger charge is -2.22. The highest BCUT2D eigenvalue weighted by Crippen LogP contribution is 2.28. The standard InChI is InChI=1S/C22H25N3O3S/c1-15-9-10-19(28-15)22-24-17(14-29-22)12-20(26)25-21-18(8-5-11-23-21)27-13-16-6-3-2-4-7-16/h5,8-11,14,16H,2-4,6-7,12-13H2,1H3,(H,23,25,26). The molecule has 3 aromatic rings. The number of aryl methyl sites for hydroxylation is 1. The van der Waals surface area contributed by atoms with Gasteiger partial charge in [-0.2, -0.15) is 0 Å². The molecule has 3 aromatic heterocycles. The van der Waals surface area contributed by atoms with Crippen molar-refractivity contribution in [3.8, 4) is 16.5 Å². The highest BCUT2D eigenvalue weighted by Gasteiger charge is 2.17. The third-order valence-electron chi connectivity index (χ3n) is 5.07. The number of hydrogen-bond donors (Lipinski definition) is 1. The highest BCUT2D eigenvalue weighted by molar-refractivity contribution is 7.13. The largest absolute Gasteiger partial charge is 0.489 e. The van der Waals surface area contributed by atoms with Crippen LogP contribution in [0.15, 0.2) is 40.3 Å². The van der Waals surface area contributed by atoms with Crippen molar-refractivity contribution in [1.82, 2.24) is 9.97 Å². The van der Waals surface area contributed by atoms with Crippen LogP contribution in [-0.4, -0.2) is 22.5 Å². The van der Waals surface area contributed by atoms with Crippen molar-refractivity contribution >= 4 is 23.1 Å². The number of carbonyl (C=O) groups is 1. The number of carbonyl (C=O) groups excluding carboxylic acids is 1. The monoisotopic (exact) mass is 411 g/mol. The normalized spacial score (nSPS) is 14.7.